The molecular formula is C11H21NO. The van der Waals surface area contributed by atoms with Gasteiger partial charge in [-0.2, -0.15) is 0 Å². The molecule has 2 heteroatoms. The lowest BCUT2D eigenvalue weighted by molar-refractivity contribution is 0.00421. The van der Waals surface area contributed by atoms with E-state index in [9.17, 15) is 0 Å². The van der Waals surface area contributed by atoms with Gasteiger partial charge < -0.3 is 4.74 Å². The molecule has 0 aromatic heterocycles. The number of hydrogen-bond donors (Lipinski definition) is 0. The molecule has 13 heavy (non-hydrogen) atoms. The molecule has 2 rings (SSSR count). The second-order valence-electron chi connectivity index (χ2n) is 5.36. The standard InChI is InChI=1S/C11H21NO/c1-11(2,3)12-6-4-10-9(8-12)5-7-13-10/h9-10H,4-8H2,1-3H3. The van der Waals surface area contributed by atoms with Crippen LogP contribution in [0.25, 0.3) is 0 Å². The second kappa shape index (κ2) is 3.25. The number of nitrogens with zero attached hydrogens (tertiary/aromatic N) is 1. The van der Waals surface area contributed by atoms with Crippen molar-refractivity contribution >= 4 is 0 Å². The summed E-state index contributed by atoms with van der Waals surface area (Å²) >= 11 is 0. The molecule has 0 N–H and O–H groups in total. The summed E-state index contributed by atoms with van der Waals surface area (Å²) in [5.41, 5.74) is 0.341. The Bertz CT molecular complexity index is 185. The molecule has 2 aliphatic rings. The Labute approximate surface area is 81.3 Å². The monoisotopic (exact) mass is 183 g/mol. The Morgan fingerprint density at radius 1 is 1.23 bits per heavy atom. The molecule has 0 aromatic carbocycles. The highest BCUT2D eigenvalue weighted by Crippen LogP contribution is 2.31. The van der Waals surface area contributed by atoms with Gasteiger partial charge in [0.05, 0.1) is 6.10 Å². The number of hydrogen-bond acceptors (Lipinski definition) is 2. The van der Waals surface area contributed by atoms with Crippen molar-refractivity contribution in [1.82, 2.24) is 4.90 Å². The Morgan fingerprint density at radius 2 is 2.00 bits per heavy atom. The zero-order valence-electron chi connectivity index (χ0n) is 9.05. The highest BCUT2D eigenvalue weighted by molar-refractivity contribution is 4.89. The first-order valence-electron chi connectivity index (χ1n) is 5.44. The van der Waals surface area contributed by atoms with Crippen molar-refractivity contribution in [3.63, 3.8) is 0 Å². The summed E-state index contributed by atoms with van der Waals surface area (Å²) in [6, 6.07) is 0. The first kappa shape index (κ1) is 9.47. The fourth-order valence-electron chi connectivity index (χ4n) is 2.49. The number of ether oxygens (including phenoxy) is 1. The fourth-order valence-corrected chi connectivity index (χ4v) is 2.49. The van der Waals surface area contributed by atoms with Crippen LogP contribution in [0.15, 0.2) is 0 Å². The lowest BCUT2D eigenvalue weighted by atomic mass is 9.91. The molecule has 2 heterocycles. The molecule has 2 fully saturated rings. The largest absolute Gasteiger partial charge is 0.378 e. The van der Waals surface area contributed by atoms with Crippen molar-refractivity contribution in [1.29, 1.82) is 0 Å². The summed E-state index contributed by atoms with van der Waals surface area (Å²) in [4.78, 5) is 2.60. The minimum absolute atomic E-state index is 0.341. The summed E-state index contributed by atoms with van der Waals surface area (Å²) in [5.74, 6) is 0.813. The molecule has 2 atom stereocenters. The molecule has 2 aliphatic heterocycles. The summed E-state index contributed by atoms with van der Waals surface area (Å²) in [5, 5.41) is 0. The lowest BCUT2D eigenvalue weighted by Gasteiger charge is -2.42. The van der Waals surface area contributed by atoms with E-state index in [2.05, 4.69) is 25.7 Å². The van der Waals surface area contributed by atoms with E-state index in [-0.39, 0.29) is 0 Å². The number of rotatable bonds is 0. The normalized spacial score (nSPS) is 36.2. The molecule has 76 valence electrons. The van der Waals surface area contributed by atoms with Gasteiger partial charge in [-0.1, -0.05) is 0 Å². The van der Waals surface area contributed by atoms with Crippen LogP contribution in [0.3, 0.4) is 0 Å². The molecule has 0 bridgehead atoms. The Kier molecular flexibility index (Phi) is 2.37. The maximum atomic E-state index is 5.69. The van der Waals surface area contributed by atoms with E-state index in [1.54, 1.807) is 0 Å². The molecule has 2 saturated heterocycles. The molecular weight excluding hydrogens is 162 g/mol. The molecule has 2 nitrogen and oxygen atoms in total. The average molecular weight is 183 g/mol. The van der Waals surface area contributed by atoms with Crippen LogP contribution < -0.4 is 0 Å². The van der Waals surface area contributed by atoms with Crippen LogP contribution in [0.4, 0.5) is 0 Å². The van der Waals surface area contributed by atoms with Crippen LogP contribution in [-0.2, 0) is 4.74 Å². The van der Waals surface area contributed by atoms with Crippen LogP contribution in [0, 0.1) is 5.92 Å². The van der Waals surface area contributed by atoms with Gasteiger partial charge >= 0.3 is 0 Å². The van der Waals surface area contributed by atoms with Crippen molar-refractivity contribution in [2.45, 2.75) is 45.3 Å². The Hall–Kier alpha value is -0.0800. The van der Waals surface area contributed by atoms with Crippen LogP contribution >= 0.6 is 0 Å². The van der Waals surface area contributed by atoms with Gasteiger partial charge in [-0.3, -0.25) is 4.90 Å². The average Bonchev–Trinajstić information content (AvgIpc) is 2.47. The predicted octanol–water partition coefficient (Wildman–Crippen LogP) is 1.90. The van der Waals surface area contributed by atoms with E-state index in [0.29, 0.717) is 11.6 Å². The van der Waals surface area contributed by atoms with Crippen LogP contribution in [0.1, 0.15) is 33.6 Å². The summed E-state index contributed by atoms with van der Waals surface area (Å²) in [6.07, 6.45) is 3.10. The van der Waals surface area contributed by atoms with Crippen LogP contribution in [0.5, 0.6) is 0 Å². The van der Waals surface area contributed by atoms with Gasteiger partial charge in [0.15, 0.2) is 0 Å². The Balaban J connectivity index is 1.97. The van der Waals surface area contributed by atoms with Crippen molar-refractivity contribution in [3.05, 3.63) is 0 Å². The molecule has 0 spiro atoms. The maximum absolute atomic E-state index is 5.69. The van der Waals surface area contributed by atoms with Gasteiger partial charge in [0.25, 0.3) is 0 Å². The quantitative estimate of drug-likeness (QED) is 0.568. The van der Waals surface area contributed by atoms with E-state index in [1.165, 1.54) is 25.9 Å². The minimum atomic E-state index is 0.341. The van der Waals surface area contributed by atoms with Gasteiger partial charge in [-0.25, -0.2) is 0 Å². The van der Waals surface area contributed by atoms with Gasteiger partial charge in [-0.15, -0.1) is 0 Å². The van der Waals surface area contributed by atoms with Crippen molar-refractivity contribution in [2.75, 3.05) is 19.7 Å². The molecule has 0 aromatic rings. The van der Waals surface area contributed by atoms with E-state index in [0.717, 1.165) is 12.5 Å². The van der Waals surface area contributed by atoms with Crippen LogP contribution in [-0.4, -0.2) is 36.2 Å². The SMILES string of the molecule is CC(C)(C)N1CCC2OCCC2C1. The van der Waals surface area contributed by atoms with Crippen LogP contribution in [0.2, 0.25) is 0 Å². The minimum Gasteiger partial charge on any atom is -0.378 e. The lowest BCUT2D eigenvalue weighted by Crippen LogP contribution is -2.50. The molecule has 0 radical (unpaired) electrons. The summed E-state index contributed by atoms with van der Waals surface area (Å²) in [6.45, 7) is 10.4. The van der Waals surface area contributed by atoms with E-state index in [4.69, 9.17) is 4.74 Å². The second-order valence-corrected chi connectivity index (χ2v) is 5.36. The number of likely N-dealkylation sites (tertiary alicyclic amines) is 1. The first-order valence-corrected chi connectivity index (χ1v) is 5.44. The van der Waals surface area contributed by atoms with Crippen molar-refractivity contribution in [2.24, 2.45) is 5.92 Å². The number of fused-ring (bicyclic) bond motifs is 1. The smallest absolute Gasteiger partial charge is 0.0628 e. The van der Waals surface area contributed by atoms with Gasteiger partial charge in [0, 0.05) is 31.2 Å². The summed E-state index contributed by atoms with van der Waals surface area (Å²) < 4.78 is 5.69. The molecule has 2 unspecified atom stereocenters. The third-order valence-electron chi connectivity index (χ3n) is 3.43. The number of piperidine rings is 1. The molecule has 0 amide bonds. The zero-order chi connectivity index (χ0) is 9.47. The maximum Gasteiger partial charge on any atom is 0.0628 e. The van der Waals surface area contributed by atoms with Gasteiger partial charge in [-0.05, 0) is 33.6 Å². The zero-order valence-corrected chi connectivity index (χ0v) is 9.05. The third-order valence-corrected chi connectivity index (χ3v) is 3.43. The summed E-state index contributed by atoms with van der Waals surface area (Å²) in [7, 11) is 0. The highest BCUT2D eigenvalue weighted by Gasteiger charge is 2.36. The van der Waals surface area contributed by atoms with E-state index >= 15 is 0 Å². The van der Waals surface area contributed by atoms with Crippen molar-refractivity contribution < 1.29 is 4.74 Å². The highest BCUT2D eigenvalue weighted by atomic mass is 16.5. The Morgan fingerprint density at radius 3 is 2.69 bits per heavy atom. The third kappa shape index (κ3) is 1.89. The molecule has 0 aliphatic carbocycles. The topological polar surface area (TPSA) is 12.5 Å². The van der Waals surface area contributed by atoms with E-state index in [1.807, 2.05) is 0 Å². The predicted molar refractivity (Wildman–Crippen MR) is 53.8 cm³/mol. The van der Waals surface area contributed by atoms with Gasteiger partial charge in [0.1, 0.15) is 0 Å². The van der Waals surface area contributed by atoms with E-state index < -0.39 is 0 Å². The van der Waals surface area contributed by atoms with Crippen molar-refractivity contribution in [3.8, 4) is 0 Å². The fraction of sp³-hybridized carbons (Fsp3) is 1.00. The first-order chi connectivity index (χ1) is 6.07. The molecule has 0 saturated carbocycles. The van der Waals surface area contributed by atoms with Gasteiger partial charge in [0.2, 0.25) is 0 Å².